The fraction of sp³-hybridized carbons (Fsp3) is 0.333. The number of carbonyl (C=O) groups is 1. The number of carbonyl (C=O) groups excluding carboxylic acids is 1. The van der Waals surface area contributed by atoms with Crippen molar-refractivity contribution in [3.05, 3.63) is 64.2 Å². The number of halogens is 1. The van der Waals surface area contributed by atoms with Crippen molar-refractivity contribution in [3.8, 4) is 17.6 Å². The molecule has 0 spiro atoms. The fourth-order valence-electron chi connectivity index (χ4n) is 2.77. The first-order valence-electron chi connectivity index (χ1n) is 9.96. The summed E-state index contributed by atoms with van der Waals surface area (Å²) in [5, 5.41) is 12.6. The van der Waals surface area contributed by atoms with E-state index >= 15 is 0 Å². The lowest BCUT2D eigenvalue weighted by Gasteiger charge is -2.17. The Kier molecular flexibility index (Phi) is 9.24. The molecule has 0 saturated heterocycles. The molecule has 0 unspecified atom stereocenters. The van der Waals surface area contributed by atoms with Gasteiger partial charge in [-0.1, -0.05) is 48.9 Å². The highest BCUT2D eigenvalue weighted by Gasteiger charge is 2.15. The Balaban J connectivity index is 2.06. The van der Waals surface area contributed by atoms with Crippen molar-refractivity contribution in [1.29, 1.82) is 5.26 Å². The molecule has 0 aliphatic heterocycles. The topological polar surface area (TPSA) is 71.3 Å². The van der Waals surface area contributed by atoms with E-state index in [-0.39, 0.29) is 11.7 Å². The normalized spacial score (nSPS) is 12.0. The van der Waals surface area contributed by atoms with Gasteiger partial charge in [-0.25, -0.2) is 0 Å². The third kappa shape index (κ3) is 6.82. The van der Waals surface area contributed by atoms with Gasteiger partial charge in [0.15, 0.2) is 11.5 Å². The second kappa shape index (κ2) is 11.9. The molecule has 0 heterocycles. The summed E-state index contributed by atoms with van der Waals surface area (Å²) in [5.41, 5.74) is 1.80. The van der Waals surface area contributed by atoms with E-state index < -0.39 is 5.91 Å². The van der Waals surface area contributed by atoms with Crippen LogP contribution in [0, 0.1) is 11.3 Å². The van der Waals surface area contributed by atoms with Crippen molar-refractivity contribution in [2.24, 2.45) is 0 Å². The van der Waals surface area contributed by atoms with Crippen LogP contribution in [-0.4, -0.2) is 25.7 Å². The smallest absolute Gasteiger partial charge is 0.261 e. The number of hydrogen-bond acceptors (Lipinski definition) is 4. The average molecular weight is 427 g/mol. The number of nitrogens with zero attached hydrogens (tertiary/aromatic N) is 1. The first-order valence-corrected chi connectivity index (χ1v) is 10.3. The lowest BCUT2D eigenvalue weighted by Crippen LogP contribution is -2.25. The van der Waals surface area contributed by atoms with Crippen molar-refractivity contribution in [1.82, 2.24) is 5.32 Å². The molecule has 2 rings (SSSR count). The largest absolute Gasteiger partial charge is 0.493 e. The SMILES string of the molecule is CC[C@@H](C)Oc1c(Cl)cc(/C=C(/C#N)C(=O)NCCCc2ccccc2)cc1OC. The summed E-state index contributed by atoms with van der Waals surface area (Å²) in [6.45, 7) is 4.44. The summed E-state index contributed by atoms with van der Waals surface area (Å²) >= 11 is 6.36. The Hall–Kier alpha value is -2.97. The zero-order valence-corrected chi connectivity index (χ0v) is 18.3. The molecule has 0 bridgehead atoms. The first-order chi connectivity index (χ1) is 14.5. The van der Waals surface area contributed by atoms with Gasteiger partial charge in [0.25, 0.3) is 5.91 Å². The zero-order valence-electron chi connectivity index (χ0n) is 17.6. The Morgan fingerprint density at radius 1 is 1.30 bits per heavy atom. The monoisotopic (exact) mass is 426 g/mol. The number of hydrogen-bond donors (Lipinski definition) is 1. The van der Waals surface area contributed by atoms with E-state index in [0.717, 1.165) is 19.3 Å². The van der Waals surface area contributed by atoms with E-state index in [4.69, 9.17) is 21.1 Å². The van der Waals surface area contributed by atoms with Crippen molar-refractivity contribution in [2.45, 2.75) is 39.2 Å². The van der Waals surface area contributed by atoms with Gasteiger partial charge in [0.05, 0.1) is 18.2 Å². The van der Waals surface area contributed by atoms with Gasteiger partial charge < -0.3 is 14.8 Å². The van der Waals surface area contributed by atoms with Crippen LogP contribution in [0.2, 0.25) is 5.02 Å². The predicted molar refractivity (Wildman–Crippen MR) is 120 cm³/mol. The van der Waals surface area contributed by atoms with Gasteiger partial charge in [0, 0.05) is 6.54 Å². The van der Waals surface area contributed by atoms with Crippen molar-refractivity contribution in [3.63, 3.8) is 0 Å². The quantitative estimate of drug-likeness (QED) is 0.322. The summed E-state index contributed by atoms with van der Waals surface area (Å²) in [6, 6.07) is 15.4. The maximum atomic E-state index is 12.4. The predicted octanol–water partition coefficient (Wildman–Crippen LogP) is 5.18. The lowest BCUT2D eigenvalue weighted by atomic mass is 10.1. The van der Waals surface area contributed by atoms with Gasteiger partial charge in [-0.3, -0.25) is 4.79 Å². The highest BCUT2D eigenvalue weighted by molar-refractivity contribution is 6.32. The van der Waals surface area contributed by atoms with Gasteiger partial charge >= 0.3 is 0 Å². The molecule has 1 amide bonds. The van der Waals surface area contributed by atoms with Gasteiger partial charge in [-0.15, -0.1) is 0 Å². The van der Waals surface area contributed by atoms with Crippen LogP contribution in [-0.2, 0) is 11.2 Å². The molecule has 6 heteroatoms. The number of ether oxygens (including phenoxy) is 2. The highest BCUT2D eigenvalue weighted by Crippen LogP contribution is 2.37. The van der Waals surface area contributed by atoms with Crippen molar-refractivity contribution in [2.75, 3.05) is 13.7 Å². The van der Waals surface area contributed by atoms with Gasteiger partial charge in [0.2, 0.25) is 0 Å². The number of methoxy groups -OCH3 is 1. The van der Waals surface area contributed by atoms with E-state index in [1.807, 2.05) is 50.2 Å². The van der Waals surface area contributed by atoms with Gasteiger partial charge in [-0.2, -0.15) is 5.26 Å². The van der Waals surface area contributed by atoms with E-state index in [1.165, 1.54) is 18.7 Å². The van der Waals surface area contributed by atoms with Crippen LogP contribution < -0.4 is 14.8 Å². The second-order valence-electron chi connectivity index (χ2n) is 6.89. The molecule has 0 saturated carbocycles. The molecule has 5 nitrogen and oxygen atoms in total. The molecule has 158 valence electrons. The Morgan fingerprint density at radius 2 is 2.03 bits per heavy atom. The summed E-state index contributed by atoms with van der Waals surface area (Å²) in [5.74, 6) is 0.490. The summed E-state index contributed by atoms with van der Waals surface area (Å²) in [6.07, 6.45) is 3.94. The molecule has 1 atom stereocenters. The van der Waals surface area contributed by atoms with Crippen LogP contribution in [0.3, 0.4) is 0 Å². The minimum Gasteiger partial charge on any atom is -0.493 e. The maximum Gasteiger partial charge on any atom is 0.261 e. The van der Waals surface area contributed by atoms with Crippen LogP contribution in [0.15, 0.2) is 48.0 Å². The van der Waals surface area contributed by atoms with Crippen LogP contribution in [0.4, 0.5) is 0 Å². The Bertz CT molecular complexity index is 920. The minimum atomic E-state index is -0.416. The van der Waals surface area contributed by atoms with Crippen LogP contribution in [0.5, 0.6) is 11.5 Å². The molecular formula is C24H27ClN2O3. The Morgan fingerprint density at radius 3 is 2.67 bits per heavy atom. The average Bonchev–Trinajstić information content (AvgIpc) is 2.76. The van der Waals surface area contributed by atoms with E-state index in [1.54, 1.807) is 12.1 Å². The fourth-order valence-corrected chi connectivity index (χ4v) is 3.04. The number of amides is 1. The first kappa shape index (κ1) is 23.3. The summed E-state index contributed by atoms with van der Waals surface area (Å²) < 4.78 is 11.2. The molecule has 2 aromatic rings. The molecule has 2 aromatic carbocycles. The van der Waals surface area contributed by atoms with Gasteiger partial charge in [-0.05, 0) is 55.5 Å². The van der Waals surface area contributed by atoms with E-state index in [0.29, 0.717) is 28.6 Å². The molecule has 0 radical (unpaired) electrons. The molecule has 30 heavy (non-hydrogen) atoms. The molecule has 0 aromatic heterocycles. The summed E-state index contributed by atoms with van der Waals surface area (Å²) in [4.78, 5) is 12.4. The Labute approximate surface area is 183 Å². The maximum absolute atomic E-state index is 12.4. The molecule has 1 N–H and O–H groups in total. The third-order valence-corrected chi connectivity index (χ3v) is 4.87. The molecular weight excluding hydrogens is 400 g/mol. The van der Waals surface area contributed by atoms with Crippen molar-refractivity contribution < 1.29 is 14.3 Å². The van der Waals surface area contributed by atoms with Gasteiger partial charge in [0.1, 0.15) is 11.6 Å². The van der Waals surface area contributed by atoms with Crippen molar-refractivity contribution >= 4 is 23.6 Å². The standard InChI is InChI=1S/C24H27ClN2O3/c1-4-17(2)30-23-21(25)14-19(15-22(23)29-3)13-20(16-26)24(28)27-12-8-11-18-9-6-5-7-10-18/h5-7,9-10,13-15,17H,4,8,11-12H2,1-3H3,(H,27,28)/b20-13-/t17-/m1/s1. The second-order valence-corrected chi connectivity index (χ2v) is 7.29. The van der Waals surface area contributed by atoms with Crippen LogP contribution in [0.1, 0.15) is 37.8 Å². The zero-order chi connectivity index (χ0) is 21.9. The summed E-state index contributed by atoms with van der Waals surface area (Å²) in [7, 11) is 1.52. The molecule has 0 aliphatic carbocycles. The van der Waals surface area contributed by atoms with Crippen LogP contribution >= 0.6 is 11.6 Å². The molecule has 0 fully saturated rings. The van der Waals surface area contributed by atoms with E-state index in [9.17, 15) is 10.1 Å². The number of benzene rings is 2. The number of nitrogens with one attached hydrogen (secondary N) is 1. The van der Waals surface area contributed by atoms with Crippen LogP contribution in [0.25, 0.3) is 6.08 Å². The minimum absolute atomic E-state index is 0.00317. The number of aryl methyl sites for hydroxylation is 1. The highest BCUT2D eigenvalue weighted by atomic mass is 35.5. The lowest BCUT2D eigenvalue weighted by molar-refractivity contribution is -0.117. The van der Waals surface area contributed by atoms with E-state index in [2.05, 4.69) is 5.32 Å². The molecule has 0 aliphatic rings. The number of nitriles is 1. The third-order valence-electron chi connectivity index (χ3n) is 4.59. The number of rotatable bonds is 10.